The smallest absolute Gasteiger partial charge is 0.339 e. The van der Waals surface area contributed by atoms with Crippen molar-refractivity contribution in [3.8, 4) is 0 Å². The van der Waals surface area contributed by atoms with Crippen LogP contribution in [-0.2, 0) is 17.7 Å². The number of benzene rings is 2. The van der Waals surface area contributed by atoms with Gasteiger partial charge in [0.15, 0.2) is 0 Å². The van der Waals surface area contributed by atoms with Crippen molar-refractivity contribution in [3.63, 3.8) is 0 Å². The Balaban J connectivity index is 1.77. The zero-order valence-electron chi connectivity index (χ0n) is 14.1. The van der Waals surface area contributed by atoms with Gasteiger partial charge in [0.05, 0.1) is 23.9 Å². The second-order valence-corrected chi connectivity index (χ2v) is 6.12. The first kappa shape index (κ1) is 16.1. The van der Waals surface area contributed by atoms with Crippen LogP contribution in [0.2, 0.25) is 0 Å². The topological polar surface area (TPSA) is 77.4 Å². The van der Waals surface area contributed by atoms with E-state index in [0.717, 1.165) is 24.0 Å². The van der Waals surface area contributed by atoms with E-state index in [1.165, 1.54) is 7.11 Å². The van der Waals surface area contributed by atoms with Gasteiger partial charge in [-0.15, -0.1) is 0 Å². The van der Waals surface area contributed by atoms with Crippen LogP contribution >= 0.6 is 0 Å². The summed E-state index contributed by atoms with van der Waals surface area (Å²) in [7, 11) is 1.27. The first-order chi connectivity index (χ1) is 12.6. The van der Waals surface area contributed by atoms with E-state index < -0.39 is 11.9 Å². The van der Waals surface area contributed by atoms with Crippen LogP contribution in [0.3, 0.4) is 0 Å². The van der Waals surface area contributed by atoms with Gasteiger partial charge in [-0.1, -0.05) is 24.3 Å². The highest BCUT2D eigenvalue weighted by Crippen LogP contribution is 2.24. The minimum absolute atomic E-state index is 0.0521. The van der Waals surface area contributed by atoms with Crippen molar-refractivity contribution in [2.45, 2.75) is 13.0 Å². The molecule has 26 heavy (non-hydrogen) atoms. The van der Waals surface area contributed by atoms with Gasteiger partial charge in [0.2, 0.25) is 5.43 Å². The number of hydrogen-bond acceptors (Lipinski definition) is 4. The predicted octanol–water partition coefficient (Wildman–Crippen LogP) is 2.60. The lowest BCUT2D eigenvalue weighted by Crippen LogP contribution is -2.24. The Morgan fingerprint density at radius 2 is 1.88 bits per heavy atom. The molecule has 3 aromatic rings. The highest BCUT2D eigenvalue weighted by Gasteiger charge is 2.21. The number of aromatic nitrogens is 1. The second kappa shape index (κ2) is 6.15. The molecule has 6 heteroatoms. The van der Waals surface area contributed by atoms with Crippen molar-refractivity contribution in [1.82, 2.24) is 4.57 Å². The molecule has 0 unspecified atom stereocenters. The van der Waals surface area contributed by atoms with Crippen molar-refractivity contribution in [2.75, 3.05) is 12.4 Å². The highest BCUT2D eigenvalue weighted by molar-refractivity contribution is 6.09. The molecular formula is C20H16N2O4. The largest absolute Gasteiger partial charge is 0.465 e. The van der Waals surface area contributed by atoms with E-state index in [-0.39, 0.29) is 16.6 Å². The van der Waals surface area contributed by atoms with E-state index in [1.54, 1.807) is 36.5 Å². The number of aryl methyl sites for hydroxylation is 2. The SMILES string of the molecule is COC(=O)c1ccccc1NC(=O)c1cn2c3c(cccc3c1=O)CC2. The molecule has 0 aliphatic carbocycles. The van der Waals surface area contributed by atoms with Gasteiger partial charge in [-0.05, 0) is 30.2 Å². The molecule has 0 saturated carbocycles. The zero-order chi connectivity index (χ0) is 18.3. The number of carbonyl (C=O) groups excluding carboxylic acids is 2. The molecule has 0 saturated heterocycles. The number of methoxy groups -OCH3 is 1. The first-order valence-electron chi connectivity index (χ1n) is 8.24. The van der Waals surface area contributed by atoms with Crippen LogP contribution in [0.1, 0.15) is 26.3 Å². The van der Waals surface area contributed by atoms with Crippen molar-refractivity contribution in [3.05, 3.63) is 75.6 Å². The van der Waals surface area contributed by atoms with E-state index in [9.17, 15) is 14.4 Å². The fraction of sp³-hybridized carbons (Fsp3) is 0.150. The summed E-state index contributed by atoms with van der Waals surface area (Å²) < 4.78 is 6.67. The summed E-state index contributed by atoms with van der Waals surface area (Å²) in [5.74, 6) is -1.10. The number of pyridine rings is 1. The summed E-state index contributed by atoms with van der Waals surface area (Å²) in [6.45, 7) is 0.731. The van der Waals surface area contributed by atoms with E-state index in [4.69, 9.17) is 4.74 Å². The molecule has 0 spiro atoms. The summed E-state index contributed by atoms with van der Waals surface area (Å²) in [4.78, 5) is 37.4. The van der Waals surface area contributed by atoms with Crippen LogP contribution in [0.15, 0.2) is 53.5 Å². The number of nitrogens with one attached hydrogen (secondary N) is 1. The summed E-state index contributed by atoms with van der Waals surface area (Å²) in [6, 6.07) is 12.1. The fourth-order valence-electron chi connectivity index (χ4n) is 3.39. The summed E-state index contributed by atoms with van der Waals surface area (Å²) in [5, 5.41) is 3.20. The average molecular weight is 348 g/mol. The van der Waals surface area contributed by atoms with E-state index in [0.29, 0.717) is 11.1 Å². The lowest BCUT2D eigenvalue weighted by molar-refractivity contribution is 0.0602. The molecule has 1 aliphatic heterocycles. The number of para-hydroxylation sites is 2. The van der Waals surface area contributed by atoms with E-state index >= 15 is 0 Å². The maximum absolute atomic E-state index is 12.8. The van der Waals surface area contributed by atoms with Gasteiger partial charge in [-0.3, -0.25) is 9.59 Å². The number of amides is 1. The number of carbonyl (C=O) groups is 2. The Morgan fingerprint density at radius 1 is 1.08 bits per heavy atom. The number of rotatable bonds is 3. The van der Waals surface area contributed by atoms with Gasteiger partial charge < -0.3 is 14.6 Å². The first-order valence-corrected chi connectivity index (χ1v) is 8.24. The van der Waals surface area contributed by atoms with E-state index in [1.807, 2.05) is 16.7 Å². The maximum atomic E-state index is 12.8. The molecule has 1 aromatic heterocycles. The Morgan fingerprint density at radius 3 is 2.69 bits per heavy atom. The van der Waals surface area contributed by atoms with Crippen molar-refractivity contribution in [2.24, 2.45) is 0 Å². The third kappa shape index (κ3) is 2.47. The lowest BCUT2D eigenvalue weighted by Gasteiger charge is -2.11. The summed E-state index contributed by atoms with van der Waals surface area (Å²) in [5.41, 5.74) is 2.28. The highest BCUT2D eigenvalue weighted by atomic mass is 16.5. The monoisotopic (exact) mass is 348 g/mol. The molecular weight excluding hydrogens is 332 g/mol. The minimum atomic E-state index is -0.556. The van der Waals surface area contributed by atoms with Crippen LogP contribution in [0.5, 0.6) is 0 Å². The zero-order valence-corrected chi connectivity index (χ0v) is 14.1. The molecule has 1 N–H and O–H groups in total. The van der Waals surface area contributed by atoms with Crippen molar-refractivity contribution >= 4 is 28.5 Å². The van der Waals surface area contributed by atoms with Crippen LogP contribution in [0.4, 0.5) is 5.69 Å². The maximum Gasteiger partial charge on any atom is 0.339 e. The van der Waals surface area contributed by atoms with Crippen LogP contribution in [0, 0.1) is 0 Å². The summed E-state index contributed by atoms with van der Waals surface area (Å²) >= 11 is 0. The molecule has 0 radical (unpaired) electrons. The van der Waals surface area contributed by atoms with Crippen molar-refractivity contribution < 1.29 is 14.3 Å². The van der Waals surface area contributed by atoms with Crippen LogP contribution in [0.25, 0.3) is 10.9 Å². The molecule has 6 nitrogen and oxygen atoms in total. The van der Waals surface area contributed by atoms with Gasteiger partial charge in [0.25, 0.3) is 5.91 Å². The van der Waals surface area contributed by atoms with Gasteiger partial charge in [-0.25, -0.2) is 4.79 Å². The Bertz CT molecular complexity index is 1110. The molecule has 0 bridgehead atoms. The molecule has 2 heterocycles. The Kier molecular flexibility index (Phi) is 3.80. The molecule has 2 aromatic carbocycles. The number of esters is 1. The standard InChI is InChI=1S/C20H16N2O4/c1-26-20(25)13-6-2-3-8-16(13)21-19(24)15-11-22-10-9-12-5-4-7-14(17(12)22)18(15)23/h2-8,11H,9-10H2,1H3,(H,21,24). The predicted molar refractivity (Wildman–Crippen MR) is 97.6 cm³/mol. The van der Waals surface area contributed by atoms with Crippen LogP contribution < -0.4 is 10.7 Å². The number of hydrogen-bond donors (Lipinski definition) is 1. The van der Waals surface area contributed by atoms with Gasteiger partial charge >= 0.3 is 5.97 Å². The van der Waals surface area contributed by atoms with E-state index in [2.05, 4.69) is 5.32 Å². The minimum Gasteiger partial charge on any atom is -0.465 e. The third-order valence-corrected chi connectivity index (χ3v) is 4.63. The number of ether oxygens (including phenoxy) is 1. The quantitative estimate of drug-likeness (QED) is 0.738. The molecule has 4 rings (SSSR count). The van der Waals surface area contributed by atoms with Crippen LogP contribution in [-0.4, -0.2) is 23.6 Å². The average Bonchev–Trinajstić information content (AvgIpc) is 3.08. The molecule has 130 valence electrons. The molecule has 0 fully saturated rings. The molecule has 1 amide bonds. The third-order valence-electron chi connectivity index (χ3n) is 4.63. The van der Waals surface area contributed by atoms with Gasteiger partial charge in [0.1, 0.15) is 5.56 Å². The number of nitrogens with zero attached hydrogens (tertiary/aromatic N) is 1. The number of anilines is 1. The molecule has 1 aliphatic rings. The summed E-state index contributed by atoms with van der Waals surface area (Å²) in [6.07, 6.45) is 2.43. The fourth-order valence-corrected chi connectivity index (χ4v) is 3.39. The second-order valence-electron chi connectivity index (χ2n) is 6.12. The van der Waals surface area contributed by atoms with Crippen molar-refractivity contribution in [1.29, 1.82) is 0 Å². The normalized spacial score (nSPS) is 12.2. The van der Waals surface area contributed by atoms with Gasteiger partial charge in [0, 0.05) is 18.1 Å². The van der Waals surface area contributed by atoms with Gasteiger partial charge in [-0.2, -0.15) is 0 Å². The Labute approximate surface area is 149 Å². The Hall–Kier alpha value is -3.41. The molecule has 0 atom stereocenters. The lowest BCUT2D eigenvalue weighted by atomic mass is 10.1.